The molecule has 0 bridgehead atoms. The predicted molar refractivity (Wildman–Crippen MR) is 63.2 cm³/mol. The smallest absolute Gasteiger partial charge is 0.140 e. The molecule has 1 nitrogen and oxygen atoms in total. The molecule has 1 fully saturated rings. The summed E-state index contributed by atoms with van der Waals surface area (Å²) in [5, 5.41) is 0. The van der Waals surface area contributed by atoms with E-state index in [0.29, 0.717) is 16.9 Å². The third-order valence-corrected chi connectivity index (χ3v) is 4.23. The molecule has 2 unspecified atom stereocenters. The summed E-state index contributed by atoms with van der Waals surface area (Å²) in [5.41, 5.74) is 6.62. The second kappa shape index (κ2) is 3.56. The van der Waals surface area contributed by atoms with Gasteiger partial charge in [-0.2, -0.15) is 0 Å². The number of hydrogen-bond donors (Lipinski definition) is 1. The van der Waals surface area contributed by atoms with Crippen LogP contribution in [0.5, 0.6) is 0 Å². The highest BCUT2D eigenvalue weighted by molar-refractivity contribution is 9.10. The first-order chi connectivity index (χ1) is 7.00. The van der Waals surface area contributed by atoms with Crippen molar-refractivity contribution < 1.29 is 4.39 Å². The summed E-state index contributed by atoms with van der Waals surface area (Å²) >= 11 is 3.22. The molecule has 1 aliphatic carbocycles. The zero-order valence-corrected chi connectivity index (χ0v) is 10.5. The highest BCUT2D eigenvalue weighted by Crippen LogP contribution is 2.64. The molecule has 0 saturated heterocycles. The van der Waals surface area contributed by atoms with Crippen LogP contribution in [0.2, 0.25) is 0 Å². The van der Waals surface area contributed by atoms with Gasteiger partial charge in [-0.15, -0.1) is 0 Å². The molecule has 0 spiro atoms. The lowest BCUT2D eigenvalue weighted by Crippen LogP contribution is -2.05. The first kappa shape index (κ1) is 11.1. The average molecular weight is 272 g/mol. The van der Waals surface area contributed by atoms with Gasteiger partial charge in [0.2, 0.25) is 0 Å². The molecule has 1 aliphatic rings. The molecule has 2 N–H and O–H groups in total. The summed E-state index contributed by atoms with van der Waals surface area (Å²) in [6.45, 7) is 4.93. The van der Waals surface area contributed by atoms with E-state index in [1.54, 1.807) is 6.07 Å². The van der Waals surface area contributed by atoms with Crippen LogP contribution in [-0.4, -0.2) is 6.54 Å². The molecule has 1 aromatic carbocycles. The van der Waals surface area contributed by atoms with E-state index in [1.165, 1.54) is 0 Å². The number of hydrogen-bond acceptors (Lipinski definition) is 1. The van der Waals surface area contributed by atoms with Gasteiger partial charge in [0.05, 0.1) is 4.47 Å². The Morgan fingerprint density at radius 3 is 2.67 bits per heavy atom. The van der Waals surface area contributed by atoms with Gasteiger partial charge in [0.15, 0.2) is 0 Å². The van der Waals surface area contributed by atoms with Gasteiger partial charge in [-0.05, 0) is 51.4 Å². The van der Waals surface area contributed by atoms with E-state index in [0.717, 1.165) is 5.56 Å². The summed E-state index contributed by atoms with van der Waals surface area (Å²) in [6.07, 6.45) is 0. The van der Waals surface area contributed by atoms with Crippen molar-refractivity contribution in [1.82, 2.24) is 0 Å². The van der Waals surface area contributed by atoms with Gasteiger partial charge < -0.3 is 5.73 Å². The van der Waals surface area contributed by atoms with Crippen LogP contribution < -0.4 is 5.73 Å². The van der Waals surface area contributed by atoms with Gasteiger partial charge in [-0.25, -0.2) is 4.39 Å². The second-order valence-electron chi connectivity index (χ2n) is 4.78. The Hall–Kier alpha value is -0.410. The Bertz CT molecular complexity index is 389. The van der Waals surface area contributed by atoms with Crippen LogP contribution >= 0.6 is 15.9 Å². The zero-order chi connectivity index (χ0) is 11.2. The maximum Gasteiger partial charge on any atom is 0.140 e. The second-order valence-corrected chi connectivity index (χ2v) is 5.64. The Morgan fingerprint density at radius 1 is 1.47 bits per heavy atom. The fourth-order valence-corrected chi connectivity index (χ4v) is 2.94. The molecule has 1 saturated carbocycles. The van der Waals surface area contributed by atoms with E-state index in [4.69, 9.17) is 5.73 Å². The molecule has 0 amide bonds. The van der Waals surface area contributed by atoms with Crippen molar-refractivity contribution >= 4 is 15.9 Å². The van der Waals surface area contributed by atoms with Crippen LogP contribution in [0, 0.1) is 17.2 Å². The van der Waals surface area contributed by atoms with Crippen LogP contribution in [0.1, 0.15) is 25.3 Å². The third-order valence-electron chi connectivity index (χ3n) is 3.62. The maximum atomic E-state index is 13.9. The molecule has 0 aromatic heterocycles. The largest absolute Gasteiger partial charge is 0.330 e. The summed E-state index contributed by atoms with van der Waals surface area (Å²) in [6, 6.07) is 5.47. The van der Waals surface area contributed by atoms with E-state index in [-0.39, 0.29) is 17.2 Å². The van der Waals surface area contributed by atoms with Crippen molar-refractivity contribution in [2.24, 2.45) is 17.1 Å². The van der Waals surface area contributed by atoms with E-state index in [1.807, 2.05) is 12.1 Å². The van der Waals surface area contributed by atoms with Crippen molar-refractivity contribution in [3.8, 4) is 0 Å². The van der Waals surface area contributed by atoms with Crippen LogP contribution in [0.4, 0.5) is 4.39 Å². The number of nitrogens with two attached hydrogens (primary N) is 1. The fraction of sp³-hybridized carbons (Fsp3) is 0.500. The standard InChI is InChI=1S/C12H15BrFN/c1-12(2)8(6-15)10(12)7-4-3-5-9(13)11(7)14/h3-5,8,10H,6,15H2,1-2H3. The Balaban J connectivity index is 2.37. The molecule has 2 atom stereocenters. The summed E-state index contributed by atoms with van der Waals surface area (Å²) in [4.78, 5) is 0. The molecule has 0 aliphatic heterocycles. The van der Waals surface area contributed by atoms with Crippen molar-refractivity contribution in [3.05, 3.63) is 34.1 Å². The minimum Gasteiger partial charge on any atom is -0.330 e. The highest BCUT2D eigenvalue weighted by atomic mass is 79.9. The van der Waals surface area contributed by atoms with Crippen molar-refractivity contribution in [2.75, 3.05) is 6.54 Å². The predicted octanol–water partition coefficient (Wildman–Crippen LogP) is 3.29. The lowest BCUT2D eigenvalue weighted by molar-refractivity contribution is 0.550. The molecule has 15 heavy (non-hydrogen) atoms. The minimum absolute atomic E-state index is 0.133. The van der Waals surface area contributed by atoms with E-state index in [2.05, 4.69) is 29.8 Å². The lowest BCUT2D eigenvalue weighted by Gasteiger charge is -2.05. The fourth-order valence-electron chi connectivity index (χ4n) is 2.56. The molecule has 82 valence electrons. The maximum absolute atomic E-state index is 13.9. The quantitative estimate of drug-likeness (QED) is 0.878. The number of benzene rings is 1. The molecule has 0 heterocycles. The molecular weight excluding hydrogens is 257 g/mol. The van der Waals surface area contributed by atoms with Gasteiger partial charge in [-0.3, -0.25) is 0 Å². The molecule has 0 radical (unpaired) electrons. The van der Waals surface area contributed by atoms with Gasteiger partial charge in [0, 0.05) is 0 Å². The molecule has 2 rings (SSSR count). The van der Waals surface area contributed by atoms with E-state index >= 15 is 0 Å². The average Bonchev–Trinajstić information content (AvgIpc) is 2.73. The van der Waals surface area contributed by atoms with Crippen LogP contribution in [0.15, 0.2) is 22.7 Å². The Morgan fingerprint density at radius 2 is 2.13 bits per heavy atom. The molecular formula is C12H15BrFN. The van der Waals surface area contributed by atoms with E-state index in [9.17, 15) is 4.39 Å². The van der Waals surface area contributed by atoms with Crippen LogP contribution in [0.25, 0.3) is 0 Å². The third kappa shape index (κ3) is 1.62. The monoisotopic (exact) mass is 271 g/mol. The minimum atomic E-state index is -0.133. The first-order valence-corrected chi connectivity index (χ1v) is 5.93. The highest BCUT2D eigenvalue weighted by Gasteiger charge is 2.58. The molecule has 3 heteroatoms. The van der Waals surface area contributed by atoms with Gasteiger partial charge >= 0.3 is 0 Å². The Kier molecular flexibility index (Phi) is 2.63. The Labute approximate surface area is 98.0 Å². The SMILES string of the molecule is CC1(C)C(CN)C1c1cccc(Br)c1F. The van der Waals surface area contributed by atoms with Gasteiger partial charge in [0.25, 0.3) is 0 Å². The van der Waals surface area contributed by atoms with Gasteiger partial charge in [0.1, 0.15) is 5.82 Å². The molecule has 1 aromatic rings. The lowest BCUT2D eigenvalue weighted by atomic mass is 10.0. The number of halogens is 2. The summed E-state index contributed by atoms with van der Waals surface area (Å²) in [7, 11) is 0. The summed E-state index contributed by atoms with van der Waals surface area (Å²) < 4.78 is 14.4. The number of rotatable bonds is 2. The topological polar surface area (TPSA) is 26.0 Å². The summed E-state index contributed by atoms with van der Waals surface area (Å²) in [5.74, 6) is 0.535. The van der Waals surface area contributed by atoms with Gasteiger partial charge in [-0.1, -0.05) is 26.0 Å². The van der Waals surface area contributed by atoms with Crippen LogP contribution in [-0.2, 0) is 0 Å². The van der Waals surface area contributed by atoms with Crippen molar-refractivity contribution in [2.45, 2.75) is 19.8 Å². The van der Waals surface area contributed by atoms with Crippen LogP contribution in [0.3, 0.4) is 0 Å². The first-order valence-electron chi connectivity index (χ1n) is 5.14. The van der Waals surface area contributed by atoms with Crippen molar-refractivity contribution in [1.29, 1.82) is 0 Å². The zero-order valence-electron chi connectivity index (χ0n) is 8.93. The normalized spacial score (nSPS) is 27.8. The van der Waals surface area contributed by atoms with E-state index < -0.39 is 0 Å². The van der Waals surface area contributed by atoms with Crippen molar-refractivity contribution in [3.63, 3.8) is 0 Å².